The van der Waals surface area contributed by atoms with Crippen LogP contribution in [0.4, 0.5) is 29.3 Å². The monoisotopic (exact) mass is 326 g/mol. The van der Waals surface area contributed by atoms with Crippen molar-refractivity contribution in [2.45, 2.75) is 13.1 Å². The van der Waals surface area contributed by atoms with Crippen molar-refractivity contribution in [1.82, 2.24) is 9.97 Å². The van der Waals surface area contributed by atoms with Crippen molar-refractivity contribution < 1.29 is 22.7 Å². The van der Waals surface area contributed by atoms with E-state index in [1.165, 1.54) is 24.5 Å². The first-order valence-corrected chi connectivity index (χ1v) is 6.58. The first-order chi connectivity index (χ1) is 10.9. The van der Waals surface area contributed by atoms with Crippen LogP contribution in [-0.4, -0.2) is 22.6 Å². The molecular weight excluding hydrogens is 313 g/mol. The smallest absolute Gasteiger partial charge is 0.416 e. The third-order valence-corrected chi connectivity index (χ3v) is 2.61. The lowest BCUT2D eigenvalue weighted by molar-refractivity contribution is -0.137. The zero-order valence-corrected chi connectivity index (χ0v) is 12.0. The van der Waals surface area contributed by atoms with Gasteiger partial charge in [0.1, 0.15) is 0 Å². The summed E-state index contributed by atoms with van der Waals surface area (Å²) in [6.07, 6.45) is -1.83. The van der Waals surface area contributed by atoms with E-state index in [-0.39, 0.29) is 17.4 Å². The third-order valence-electron chi connectivity index (χ3n) is 2.61. The van der Waals surface area contributed by atoms with Crippen molar-refractivity contribution in [3.8, 4) is 6.01 Å². The lowest BCUT2D eigenvalue weighted by atomic mass is 10.2. The highest BCUT2D eigenvalue weighted by Crippen LogP contribution is 2.30. The zero-order chi connectivity index (χ0) is 16.9. The van der Waals surface area contributed by atoms with Crippen LogP contribution in [0.2, 0.25) is 0 Å². The first kappa shape index (κ1) is 16.5. The maximum absolute atomic E-state index is 12.6. The molecule has 2 aromatic rings. The van der Waals surface area contributed by atoms with E-state index < -0.39 is 17.8 Å². The number of anilines is 2. The molecule has 0 saturated heterocycles. The molecule has 6 nitrogen and oxygen atoms in total. The molecule has 23 heavy (non-hydrogen) atoms. The highest BCUT2D eigenvalue weighted by molar-refractivity contribution is 5.99. The van der Waals surface area contributed by atoms with E-state index >= 15 is 0 Å². The summed E-state index contributed by atoms with van der Waals surface area (Å²) in [7, 11) is 0. The van der Waals surface area contributed by atoms with Crippen molar-refractivity contribution in [3.05, 3.63) is 42.2 Å². The number of aromatic nitrogens is 2. The summed E-state index contributed by atoms with van der Waals surface area (Å²) in [4.78, 5) is 19.5. The van der Waals surface area contributed by atoms with Crippen LogP contribution in [-0.2, 0) is 6.18 Å². The van der Waals surface area contributed by atoms with Crippen LogP contribution in [0.25, 0.3) is 0 Å². The topological polar surface area (TPSA) is 76.1 Å². The van der Waals surface area contributed by atoms with Gasteiger partial charge >= 0.3 is 18.2 Å². The summed E-state index contributed by atoms with van der Waals surface area (Å²) < 4.78 is 42.8. The first-order valence-electron chi connectivity index (χ1n) is 6.58. The normalized spacial score (nSPS) is 11.0. The number of halogens is 3. The molecule has 0 aliphatic heterocycles. The minimum Gasteiger partial charge on any atom is -0.464 e. The molecule has 122 valence electrons. The molecule has 1 heterocycles. The van der Waals surface area contributed by atoms with Crippen LogP contribution >= 0.6 is 0 Å². The van der Waals surface area contributed by atoms with E-state index in [9.17, 15) is 18.0 Å². The molecule has 0 bridgehead atoms. The lowest BCUT2D eigenvalue weighted by Gasteiger charge is -2.10. The van der Waals surface area contributed by atoms with Gasteiger partial charge in [0, 0.05) is 5.69 Å². The van der Waals surface area contributed by atoms with Gasteiger partial charge < -0.3 is 15.4 Å². The second-order valence-corrected chi connectivity index (χ2v) is 4.35. The van der Waals surface area contributed by atoms with E-state index in [4.69, 9.17) is 4.74 Å². The van der Waals surface area contributed by atoms with Gasteiger partial charge in [-0.05, 0) is 25.1 Å². The molecule has 1 aromatic carbocycles. The van der Waals surface area contributed by atoms with Crippen molar-refractivity contribution in [2.75, 3.05) is 17.2 Å². The summed E-state index contributed by atoms with van der Waals surface area (Å²) >= 11 is 0. The van der Waals surface area contributed by atoms with Crippen molar-refractivity contribution in [1.29, 1.82) is 0 Å². The van der Waals surface area contributed by atoms with Gasteiger partial charge in [-0.3, -0.25) is 0 Å². The quantitative estimate of drug-likeness (QED) is 0.901. The molecule has 0 radical (unpaired) electrons. The van der Waals surface area contributed by atoms with Gasteiger partial charge in [-0.15, -0.1) is 0 Å². The van der Waals surface area contributed by atoms with Crippen molar-refractivity contribution >= 4 is 17.4 Å². The zero-order valence-electron chi connectivity index (χ0n) is 12.0. The summed E-state index contributed by atoms with van der Waals surface area (Å²) in [6, 6.07) is 3.77. The van der Waals surface area contributed by atoms with E-state index in [2.05, 4.69) is 20.6 Å². The Labute approximate surface area is 129 Å². The highest BCUT2D eigenvalue weighted by atomic mass is 19.4. The maximum Gasteiger partial charge on any atom is 0.416 e. The minimum absolute atomic E-state index is 0.0178. The second kappa shape index (κ2) is 6.95. The van der Waals surface area contributed by atoms with Gasteiger partial charge in [0.15, 0.2) is 0 Å². The highest BCUT2D eigenvalue weighted by Gasteiger charge is 2.30. The third kappa shape index (κ3) is 4.83. The largest absolute Gasteiger partial charge is 0.464 e. The molecule has 0 saturated carbocycles. The fourth-order valence-corrected chi connectivity index (χ4v) is 1.65. The molecule has 9 heteroatoms. The number of carbonyl (C=O) groups excluding carboxylic acids is 1. The number of alkyl halides is 3. The number of nitrogens with one attached hydrogen (secondary N) is 2. The average Bonchev–Trinajstić information content (AvgIpc) is 2.49. The molecule has 2 rings (SSSR count). The summed E-state index contributed by atoms with van der Waals surface area (Å²) in [6.45, 7) is 2.18. The SMILES string of the molecule is CCOc1ncc(NC(=O)Nc2cccc(C(F)(F)F)c2)cn1. The van der Waals surface area contributed by atoms with Crippen LogP contribution in [0.15, 0.2) is 36.7 Å². The van der Waals surface area contributed by atoms with Crippen LogP contribution in [0.1, 0.15) is 12.5 Å². The van der Waals surface area contributed by atoms with Crippen LogP contribution in [0.5, 0.6) is 6.01 Å². The Kier molecular flexibility index (Phi) is 4.99. The van der Waals surface area contributed by atoms with E-state index in [0.717, 1.165) is 12.1 Å². The number of hydrogen-bond acceptors (Lipinski definition) is 4. The molecule has 0 unspecified atom stereocenters. The molecule has 0 atom stereocenters. The molecule has 0 spiro atoms. The molecular formula is C14H13F3N4O2. The fraction of sp³-hybridized carbons (Fsp3) is 0.214. The summed E-state index contributed by atoms with van der Waals surface area (Å²) in [5.41, 5.74) is -0.554. The van der Waals surface area contributed by atoms with Crippen molar-refractivity contribution in [2.24, 2.45) is 0 Å². The lowest BCUT2D eigenvalue weighted by Crippen LogP contribution is -2.20. The fourth-order valence-electron chi connectivity index (χ4n) is 1.65. The van der Waals surface area contributed by atoms with Crippen molar-refractivity contribution in [3.63, 3.8) is 0 Å². The van der Waals surface area contributed by atoms with Gasteiger partial charge in [-0.25, -0.2) is 14.8 Å². The average molecular weight is 326 g/mol. The van der Waals surface area contributed by atoms with Crippen LogP contribution < -0.4 is 15.4 Å². The van der Waals surface area contributed by atoms with Gasteiger partial charge in [0.25, 0.3) is 0 Å². The number of benzene rings is 1. The Bertz CT molecular complexity index is 674. The number of amides is 2. The molecule has 1 aromatic heterocycles. The number of rotatable bonds is 4. The van der Waals surface area contributed by atoms with Gasteiger partial charge in [-0.1, -0.05) is 6.07 Å². The standard InChI is InChI=1S/C14H13F3N4O2/c1-2-23-13-18-7-11(8-19-13)21-12(22)20-10-5-3-4-9(6-10)14(15,16)17/h3-8H,2H2,1H3,(H2,20,21,22). The number of carbonyl (C=O) groups is 1. The Morgan fingerprint density at radius 2 is 1.83 bits per heavy atom. The molecule has 2 amide bonds. The summed E-state index contributed by atoms with van der Waals surface area (Å²) in [5, 5.41) is 4.71. The number of nitrogens with zero attached hydrogens (tertiary/aromatic N) is 2. The summed E-state index contributed by atoms with van der Waals surface area (Å²) in [5.74, 6) is 0. The molecule has 0 aliphatic carbocycles. The van der Waals surface area contributed by atoms with Gasteiger partial charge in [0.2, 0.25) is 0 Å². The second-order valence-electron chi connectivity index (χ2n) is 4.35. The van der Waals surface area contributed by atoms with E-state index in [0.29, 0.717) is 6.61 Å². The predicted molar refractivity (Wildman–Crippen MR) is 77.3 cm³/mol. The number of hydrogen-bond donors (Lipinski definition) is 2. The Morgan fingerprint density at radius 3 is 2.43 bits per heavy atom. The maximum atomic E-state index is 12.6. The van der Waals surface area contributed by atoms with Gasteiger partial charge in [0.05, 0.1) is 30.3 Å². The van der Waals surface area contributed by atoms with Gasteiger partial charge in [-0.2, -0.15) is 13.2 Å². The Morgan fingerprint density at radius 1 is 1.17 bits per heavy atom. The van der Waals surface area contributed by atoms with Crippen LogP contribution in [0.3, 0.4) is 0 Å². The predicted octanol–water partition coefficient (Wildman–Crippen LogP) is 3.54. The molecule has 0 aliphatic rings. The minimum atomic E-state index is -4.48. The molecule has 0 fully saturated rings. The molecule has 2 N–H and O–H groups in total. The van der Waals surface area contributed by atoms with E-state index in [1.54, 1.807) is 6.92 Å². The van der Waals surface area contributed by atoms with Crippen LogP contribution in [0, 0.1) is 0 Å². The van der Waals surface area contributed by atoms with E-state index in [1.807, 2.05) is 0 Å². The number of ether oxygens (including phenoxy) is 1. The Hall–Kier alpha value is -2.84. The Balaban J connectivity index is 1.99. The number of urea groups is 1.